The van der Waals surface area contributed by atoms with Crippen LogP contribution in [-0.2, 0) is 17.1 Å². The summed E-state index contributed by atoms with van der Waals surface area (Å²) in [6, 6.07) is 5.50. The molecule has 1 heterocycles. The molecule has 0 amide bonds. The highest BCUT2D eigenvalue weighted by Crippen LogP contribution is 2.27. The standard InChI is InChI=1S/C13H17N3O2S/c1-16-13-8-11(7-6-10(13)9-14-16)15-19(17,18)12-4-2-3-5-12/h6-9,12,15H,2-5H2,1H3. The summed E-state index contributed by atoms with van der Waals surface area (Å²) in [4.78, 5) is 0. The third-order valence-electron chi connectivity index (χ3n) is 3.75. The van der Waals surface area contributed by atoms with Gasteiger partial charge in [-0.05, 0) is 31.0 Å². The molecular weight excluding hydrogens is 262 g/mol. The van der Waals surface area contributed by atoms with Crippen LogP contribution in [0.5, 0.6) is 0 Å². The molecule has 102 valence electrons. The Morgan fingerprint density at radius 3 is 2.79 bits per heavy atom. The molecular formula is C13H17N3O2S. The number of hydrogen-bond acceptors (Lipinski definition) is 3. The number of fused-ring (bicyclic) bond motifs is 1. The number of nitrogens with zero attached hydrogens (tertiary/aromatic N) is 2. The highest BCUT2D eigenvalue weighted by Gasteiger charge is 2.28. The van der Waals surface area contributed by atoms with Gasteiger partial charge in [0.2, 0.25) is 10.0 Å². The van der Waals surface area contributed by atoms with Gasteiger partial charge in [0, 0.05) is 12.4 Å². The zero-order chi connectivity index (χ0) is 13.5. The molecule has 0 saturated heterocycles. The van der Waals surface area contributed by atoms with Crippen molar-refractivity contribution < 1.29 is 8.42 Å². The second kappa shape index (κ2) is 4.52. The molecule has 19 heavy (non-hydrogen) atoms. The number of hydrogen-bond donors (Lipinski definition) is 1. The molecule has 0 unspecified atom stereocenters. The zero-order valence-electron chi connectivity index (χ0n) is 10.8. The lowest BCUT2D eigenvalue weighted by molar-refractivity contribution is 0.585. The van der Waals surface area contributed by atoms with Crippen molar-refractivity contribution in [3.05, 3.63) is 24.4 Å². The summed E-state index contributed by atoms with van der Waals surface area (Å²) in [5, 5.41) is 4.92. The van der Waals surface area contributed by atoms with Crippen LogP contribution in [-0.4, -0.2) is 23.4 Å². The fourth-order valence-electron chi connectivity index (χ4n) is 2.65. The van der Waals surface area contributed by atoms with Gasteiger partial charge in [-0.3, -0.25) is 9.40 Å². The van der Waals surface area contributed by atoms with Crippen LogP contribution >= 0.6 is 0 Å². The highest BCUT2D eigenvalue weighted by atomic mass is 32.2. The molecule has 3 rings (SSSR count). The van der Waals surface area contributed by atoms with Gasteiger partial charge in [-0.1, -0.05) is 12.8 Å². The number of nitrogens with one attached hydrogen (secondary N) is 1. The molecule has 1 saturated carbocycles. The number of benzene rings is 1. The molecule has 0 bridgehead atoms. The van der Waals surface area contributed by atoms with Crippen molar-refractivity contribution in [1.82, 2.24) is 9.78 Å². The van der Waals surface area contributed by atoms with Crippen LogP contribution in [0.25, 0.3) is 10.9 Å². The van der Waals surface area contributed by atoms with Crippen LogP contribution in [0.2, 0.25) is 0 Å². The van der Waals surface area contributed by atoms with E-state index in [1.165, 1.54) is 0 Å². The average Bonchev–Trinajstić information content (AvgIpc) is 3.00. The van der Waals surface area contributed by atoms with E-state index in [2.05, 4.69) is 9.82 Å². The van der Waals surface area contributed by atoms with E-state index >= 15 is 0 Å². The monoisotopic (exact) mass is 279 g/mol. The predicted molar refractivity (Wildman–Crippen MR) is 75.5 cm³/mol. The van der Waals surface area contributed by atoms with Gasteiger partial charge in [0.05, 0.1) is 22.7 Å². The summed E-state index contributed by atoms with van der Waals surface area (Å²) in [5.41, 5.74) is 1.54. The van der Waals surface area contributed by atoms with Crippen LogP contribution in [0.1, 0.15) is 25.7 Å². The Kier molecular flexibility index (Phi) is 2.97. The lowest BCUT2D eigenvalue weighted by Crippen LogP contribution is -2.25. The first-order chi connectivity index (χ1) is 9.06. The third kappa shape index (κ3) is 2.32. The maximum absolute atomic E-state index is 12.2. The Bertz CT molecular complexity index is 700. The van der Waals surface area contributed by atoms with Crippen LogP contribution in [0.4, 0.5) is 5.69 Å². The van der Waals surface area contributed by atoms with Crippen molar-refractivity contribution in [2.45, 2.75) is 30.9 Å². The molecule has 1 aromatic carbocycles. The van der Waals surface area contributed by atoms with E-state index in [4.69, 9.17) is 0 Å². The zero-order valence-corrected chi connectivity index (χ0v) is 11.7. The van der Waals surface area contributed by atoms with Gasteiger partial charge >= 0.3 is 0 Å². The van der Waals surface area contributed by atoms with Crippen molar-refractivity contribution >= 4 is 26.6 Å². The van der Waals surface area contributed by atoms with Crippen molar-refractivity contribution in [2.75, 3.05) is 4.72 Å². The molecule has 0 radical (unpaired) electrons. The molecule has 6 heteroatoms. The van der Waals surface area contributed by atoms with Crippen molar-refractivity contribution in [3.63, 3.8) is 0 Å². The molecule has 1 fully saturated rings. The summed E-state index contributed by atoms with van der Waals surface area (Å²) < 4.78 is 28.9. The maximum Gasteiger partial charge on any atom is 0.235 e. The Balaban J connectivity index is 1.90. The topological polar surface area (TPSA) is 64.0 Å². The summed E-state index contributed by atoms with van der Waals surface area (Å²) in [7, 11) is -1.41. The largest absolute Gasteiger partial charge is 0.283 e. The van der Waals surface area contributed by atoms with Crippen LogP contribution in [0.15, 0.2) is 24.4 Å². The minimum absolute atomic E-state index is 0.241. The first-order valence-corrected chi connectivity index (χ1v) is 8.04. The Morgan fingerprint density at radius 2 is 2.05 bits per heavy atom. The molecule has 1 aliphatic rings. The highest BCUT2D eigenvalue weighted by molar-refractivity contribution is 7.93. The van der Waals surface area contributed by atoms with E-state index in [1.807, 2.05) is 19.2 Å². The molecule has 5 nitrogen and oxygen atoms in total. The molecule has 0 spiro atoms. The van der Waals surface area contributed by atoms with Gasteiger partial charge in [0.1, 0.15) is 0 Å². The van der Waals surface area contributed by atoms with Crippen LogP contribution < -0.4 is 4.72 Å². The normalized spacial score (nSPS) is 17.1. The third-order valence-corrected chi connectivity index (χ3v) is 5.62. The summed E-state index contributed by atoms with van der Waals surface area (Å²) in [5.74, 6) is 0. The molecule has 1 N–H and O–H groups in total. The van der Waals surface area contributed by atoms with E-state index < -0.39 is 10.0 Å². The number of sulfonamides is 1. The number of aryl methyl sites for hydroxylation is 1. The van der Waals surface area contributed by atoms with E-state index in [9.17, 15) is 8.42 Å². The van der Waals surface area contributed by atoms with Crippen LogP contribution in [0, 0.1) is 0 Å². The van der Waals surface area contributed by atoms with E-state index in [1.54, 1.807) is 16.9 Å². The smallest absolute Gasteiger partial charge is 0.235 e. The summed E-state index contributed by atoms with van der Waals surface area (Å²) in [6.07, 6.45) is 5.32. The number of rotatable bonds is 3. The minimum atomic E-state index is -3.26. The molecule has 0 atom stereocenters. The van der Waals surface area contributed by atoms with Gasteiger partial charge in [0.15, 0.2) is 0 Å². The summed E-state index contributed by atoms with van der Waals surface area (Å²) in [6.45, 7) is 0. The minimum Gasteiger partial charge on any atom is -0.283 e. The molecule has 2 aromatic rings. The lowest BCUT2D eigenvalue weighted by Gasteiger charge is -2.13. The Morgan fingerprint density at radius 1 is 1.32 bits per heavy atom. The summed E-state index contributed by atoms with van der Waals surface area (Å²) >= 11 is 0. The van der Waals surface area contributed by atoms with Gasteiger partial charge in [-0.2, -0.15) is 5.10 Å². The number of aromatic nitrogens is 2. The second-order valence-electron chi connectivity index (χ2n) is 5.10. The van der Waals surface area contributed by atoms with Crippen molar-refractivity contribution in [3.8, 4) is 0 Å². The first kappa shape index (κ1) is 12.5. The SMILES string of the molecule is Cn1ncc2ccc(NS(=O)(=O)C3CCCC3)cc21. The van der Waals surface area contributed by atoms with Gasteiger partial charge < -0.3 is 0 Å². The van der Waals surface area contributed by atoms with Crippen molar-refractivity contribution in [1.29, 1.82) is 0 Å². The lowest BCUT2D eigenvalue weighted by atomic mass is 10.2. The van der Waals surface area contributed by atoms with Gasteiger partial charge in [-0.15, -0.1) is 0 Å². The Hall–Kier alpha value is -1.56. The number of anilines is 1. The predicted octanol–water partition coefficient (Wildman–Crippen LogP) is 2.26. The molecule has 1 aliphatic carbocycles. The molecule has 1 aromatic heterocycles. The van der Waals surface area contributed by atoms with Crippen LogP contribution in [0.3, 0.4) is 0 Å². The van der Waals surface area contributed by atoms with E-state index in [0.717, 1.165) is 36.6 Å². The van der Waals surface area contributed by atoms with Gasteiger partial charge in [-0.25, -0.2) is 8.42 Å². The molecule has 0 aliphatic heterocycles. The Labute approximate surface area is 112 Å². The van der Waals surface area contributed by atoms with Gasteiger partial charge in [0.25, 0.3) is 0 Å². The quantitative estimate of drug-likeness (QED) is 0.937. The fourth-order valence-corrected chi connectivity index (χ4v) is 4.23. The maximum atomic E-state index is 12.2. The first-order valence-electron chi connectivity index (χ1n) is 6.50. The van der Waals surface area contributed by atoms with E-state index in [-0.39, 0.29) is 5.25 Å². The fraction of sp³-hybridized carbons (Fsp3) is 0.462. The van der Waals surface area contributed by atoms with E-state index in [0.29, 0.717) is 5.69 Å². The van der Waals surface area contributed by atoms with Crippen molar-refractivity contribution in [2.24, 2.45) is 7.05 Å². The average molecular weight is 279 g/mol. The second-order valence-corrected chi connectivity index (χ2v) is 7.06.